The molecular weight excluding hydrogens is 327 g/mol. The first kappa shape index (κ1) is 18.3. The Balaban J connectivity index is 5.22. The Morgan fingerprint density at radius 1 is 1.26 bits per heavy atom. The Bertz CT molecular complexity index is 420. The lowest BCUT2D eigenvalue weighted by molar-refractivity contribution is -0.259. The van der Waals surface area contributed by atoms with Gasteiger partial charge in [-0.3, -0.25) is 4.79 Å². The maximum absolute atomic E-state index is 12.8. The molecule has 0 rings (SSSR count). The van der Waals surface area contributed by atoms with E-state index in [1.165, 1.54) is 0 Å². The molecule has 114 valence electrons. The third-order valence-electron chi connectivity index (χ3n) is 1.70. The molecule has 0 aliphatic heterocycles. The van der Waals surface area contributed by atoms with Crippen molar-refractivity contribution in [3.63, 3.8) is 0 Å². The van der Waals surface area contributed by atoms with Gasteiger partial charge in [-0.15, -0.1) is 11.6 Å². The first-order valence-electron chi connectivity index (χ1n) is 4.49. The highest BCUT2D eigenvalue weighted by Crippen LogP contribution is 2.38. The average molecular weight is 334 g/mol. The van der Waals surface area contributed by atoms with E-state index < -0.39 is 40.0 Å². The summed E-state index contributed by atoms with van der Waals surface area (Å²) in [7, 11) is -6.66. The van der Waals surface area contributed by atoms with Crippen LogP contribution in [0.15, 0.2) is 0 Å². The number of rotatable bonds is 6. The van der Waals surface area contributed by atoms with Gasteiger partial charge in [0.25, 0.3) is 6.10 Å². The number of carbonyl (C=O) groups excluding carboxylic acids is 1. The second kappa shape index (κ2) is 6.18. The maximum Gasteiger partial charge on any atom is 0.432 e. The van der Waals surface area contributed by atoms with E-state index in [9.17, 15) is 39.7 Å². The normalized spacial score (nSPS) is 15.1. The van der Waals surface area contributed by atoms with Crippen molar-refractivity contribution in [2.45, 2.75) is 30.4 Å². The van der Waals surface area contributed by atoms with Crippen LogP contribution in [0.1, 0.15) is 12.8 Å². The Labute approximate surface area is 109 Å². The molecule has 0 radical (unpaired) electrons. The van der Waals surface area contributed by atoms with Crippen LogP contribution >= 0.6 is 11.6 Å². The quantitative estimate of drug-likeness (QED) is 0.319. The fraction of sp³-hybridized carbons (Fsp3) is 0.857. The molecule has 0 spiro atoms. The third-order valence-corrected chi connectivity index (χ3v) is 2.85. The Hall–Kier alpha value is -0.680. The number of alkyl halides is 6. The average Bonchev–Trinajstić information content (AvgIpc) is 2.19. The van der Waals surface area contributed by atoms with Crippen LogP contribution in [-0.2, 0) is 19.6 Å². The van der Waals surface area contributed by atoms with Crippen molar-refractivity contribution in [3.8, 4) is 0 Å². The largest absolute Gasteiger partial charge is 0.743 e. The Morgan fingerprint density at radius 2 is 1.74 bits per heavy atom. The SMILES string of the molecule is O=C(CCCCl)OC(C(F)(F)F)C(F)(F)S(=O)(=O)[O-]. The molecule has 0 aromatic carbocycles. The molecule has 0 aliphatic carbocycles. The first-order valence-corrected chi connectivity index (χ1v) is 6.43. The van der Waals surface area contributed by atoms with Gasteiger partial charge < -0.3 is 9.29 Å². The summed E-state index contributed by atoms with van der Waals surface area (Å²) in [5.74, 6) is -1.89. The molecule has 5 nitrogen and oxygen atoms in total. The summed E-state index contributed by atoms with van der Waals surface area (Å²) in [5, 5.41) is -5.82. The summed E-state index contributed by atoms with van der Waals surface area (Å²) < 4.78 is 96.1. The summed E-state index contributed by atoms with van der Waals surface area (Å²) >= 11 is 5.11. The molecule has 0 bridgehead atoms. The van der Waals surface area contributed by atoms with Gasteiger partial charge in [-0.25, -0.2) is 8.42 Å². The monoisotopic (exact) mass is 333 g/mol. The summed E-state index contributed by atoms with van der Waals surface area (Å²) in [6, 6.07) is 0. The molecule has 0 aromatic heterocycles. The fourth-order valence-corrected chi connectivity index (χ4v) is 1.44. The van der Waals surface area contributed by atoms with Crippen LogP contribution in [0.2, 0.25) is 0 Å². The molecule has 0 fully saturated rings. The molecule has 1 atom stereocenters. The zero-order valence-corrected chi connectivity index (χ0v) is 10.5. The number of carbonyl (C=O) groups is 1. The summed E-state index contributed by atoms with van der Waals surface area (Å²) in [6.45, 7) is 0. The van der Waals surface area contributed by atoms with E-state index in [0.29, 0.717) is 0 Å². The highest BCUT2D eigenvalue weighted by molar-refractivity contribution is 7.86. The predicted octanol–water partition coefficient (Wildman–Crippen LogP) is 1.62. The minimum absolute atomic E-state index is 0.151. The maximum atomic E-state index is 12.8. The lowest BCUT2D eigenvalue weighted by Gasteiger charge is -2.29. The van der Waals surface area contributed by atoms with Crippen LogP contribution in [0.4, 0.5) is 22.0 Å². The lowest BCUT2D eigenvalue weighted by Crippen LogP contribution is -2.52. The number of ether oxygens (including phenoxy) is 1. The van der Waals surface area contributed by atoms with Gasteiger partial charge in [0.1, 0.15) is 0 Å². The van der Waals surface area contributed by atoms with Crippen LogP contribution in [-0.4, -0.2) is 42.4 Å². The van der Waals surface area contributed by atoms with Gasteiger partial charge in [0.2, 0.25) is 0 Å². The number of hydrogen-bond acceptors (Lipinski definition) is 5. The van der Waals surface area contributed by atoms with Gasteiger partial charge in [-0.2, -0.15) is 22.0 Å². The molecule has 0 aromatic rings. The van der Waals surface area contributed by atoms with Crippen LogP contribution < -0.4 is 0 Å². The Morgan fingerprint density at radius 3 is 2.05 bits per heavy atom. The molecule has 0 N–H and O–H groups in total. The van der Waals surface area contributed by atoms with Crippen LogP contribution in [0.5, 0.6) is 0 Å². The van der Waals surface area contributed by atoms with Gasteiger partial charge in [-0.1, -0.05) is 0 Å². The van der Waals surface area contributed by atoms with Crippen molar-refractivity contribution in [3.05, 3.63) is 0 Å². The Kier molecular flexibility index (Phi) is 5.96. The van der Waals surface area contributed by atoms with Crippen molar-refractivity contribution in [2.24, 2.45) is 0 Å². The van der Waals surface area contributed by atoms with Gasteiger partial charge in [-0.05, 0) is 6.42 Å². The highest BCUT2D eigenvalue weighted by Gasteiger charge is 2.62. The second-order valence-corrected chi connectivity index (χ2v) is 5.05. The molecule has 0 aliphatic rings. The summed E-state index contributed by atoms with van der Waals surface area (Å²) in [5.41, 5.74) is 0. The molecular formula is C7H7ClF5O5S-. The topological polar surface area (TPSA) is 83.5 Å². The van der Waals surface area contributed by atoms with E-state index in [1.807, 2.05) is 0 Å². The minimum Gasteiger partial charge on any atom is -0.743 e. The van der Waals surface area contributed by atoms with E-state index in [-0.39, 0.29) is 12.3 Å². The zero-order chi connectivity index (χ0) is 15.5. The molecule has 0 saturated carbocycles. The van der Waals surface area contributed by atoms with Gasteiger partial charge in [0.15, 0.2) is 10.1 Å². The van der Waals surface area contributed by atoms with Gasteiger partial charge in [0.05, 0.1) is 0 Å². The zero-order valence-electron chi connectivity index (χ0n) is 8.92. The first-order chi connectivity index (χ1) is 8.34. The van der Waals surface area contributed by atoms with Crippen molar-refractivity contribution in [2.75, 3.05) is 5.88 Å². The summed E-state index contributed by atoms with van der Waals surface area (Å²) in [6.07, 6.45) is -11.2. The fourth-order valence-electron chi connectivity index (χ4n) is 0.859. The molecule has 0 amide bonds. The lowest BCUT2D eigenvalue weighted by atomic mass is 10.3. The van der Waals surface area contributed by atoms with Crippen molar-refractivity contribution in [1.82, 2.24) is 0 Å². The molecule has 0 saturated heterocycles. The second-order valence-electron chi connectivity index (χ2n) is 3.22. The molecule has 0 heterocycles. The van der Waals surface area contributed by atoms with Crippen molar-refractivity contribution >= 4 is 27.7 Å². The highest BCUT2D eigenvalue weighted by atomic mass is 35.5. The predicted molar refractivity (Wildman–Crippen MR) is 50.5 cm³/mol. The minimum atomic E-state index is -6.66. The number of halogens is 6. The standard InChI is InChI=1S/C7H8ClF5O5S/c8-3-1-2-4(14)18-5(6(9,10)11)7(12,13)19(15,16)17/h5H,1-3H2,(H,15,16,17)/p-1. The summed E-state index contributed by atoms with van der Waals surface area (Å²) in [4.78, 5) is 10.8. The number of esters is 1. The van der Waals surface area contributed by atoms with Crippen LogP contribution in [0.25, 0.3) is 0 Å². The van der Waals surface area contributed by atoms with E-state index in [1.54, 1.807) is 0 Å². The van der Waals surface area contributed by atoms with E-state index >= 15 is 0 Å². The van der Waals surface area contributed by atoms with Crippen LogP contribution in [0.3, 0.4) is 0 Å². The van der Waals surface area contributed by atoms with Crippen molar-refractivity contribution < 1.29 is 44.5 Å². The van der Waals surface area contributed by atoms with E-state index in [0.717, 1.165) is 0 Å². The van der Waals surface area contributed by atoms with E-state index in [4.69, 9.17) is 11.6 Å². The van der Waals surface area contributed by atoms with Crippen LogP contribution in [0, 0.1) is 0 Å². The van der Waals surface area contributed by atoms with E-state index in [2.05, 4.69) is 4.74 Å². The molecule has 19 heavy (non-hydrogen) atoms. The van der Waals surface area contributed by atoms with Crippen molar-refractivity contribution in [1.29, 1.82) is 0 Å². The van der Waals surface area contributed by atoms with Gasteiger partial charge in [0, 0.05) is 12.3 Å². The molecule has 1 unspecified atom stereocenters. The number of hydrogen-bond donors (Lipinski definition) is 0. The molecule has 12 heteroatoms. The third kappa shape index (κ3) is 5.07. The smallest absolute Gasteiger partial charge is 0.432 e. The van der Waals surface area contributed by atoms with Gasteiger partial charge >= 0.3 is 17.4 Å².